The van der Waals surface area contributed by atoms with Crippen LogP contribution >= 0.6 is 0 Å². The molecule has 0 fully saturated rings. The Hall–Kier alpha value is -2.30. The summed E-state index contributed by atoms with van der Waals surface area (Å²) in [5.74, 6) is -0.225. The van der Waals surface area contributed by atoms with Crippen molar-refractivity contribution < 1.29 is 9.21 Å². The van der Waals surface area contributed by atoms with Gasteiger partial charge in [0, 0.05) is 18.3 Å². The Morgan fingerprint density at radius 1 is 1.33 bits per heavy atom. The van der Waals surface area contributed by atoms with Crippen LogP contribution in [0.4, 0.5) is 11.7 Å². The second kappa shape index (κ2) is 4.91. The highest BCUT2D eigenvalue weighted by Crippen LogP contribution is 2.16. The molecule has 2 N–H and O–H groups in total. The third-order valence-electron chi connectivity index (χ3n) is 2.60. The van der Waals surface area contributed by atoms with Crippen molar-refractivity contribution in [3.63, 3.8) is 0 Å². The molecule has 1 heterocycles. The average Bonchev–Trinajstić information content (AvgIpc) is 2.74. The van der Waals surface area contributed by atoms with Gasteiger partial charge in [0.05, 0.1) is 5.69 Å². The quantitative estimate of drug-likeness (QED) is 0.872. The van der Waals surface area contributed by atoms with Crippen LogP contribution in [-0.2, 0) is 0 Å². The van der Waals surface area contributed by atoms with Gasteiger partial charge >= 0.3 is 6.01 Å². The number of carbonyl (C=O) groups is 1. The van der Waals surface area contributed by atoms with Crippen LogP contribution in [0.5, 0.6) is 0 Å². The third-order valence-corrected chi connectivity index (χ3v) is 2.60. The van der Waals surface area contributed by atoms with Crippen LogP contribution in [0.25, 0.3) is 0 Å². The monoisotopic (exact) mass is 245 g/mol. The highest BCUT2D eigenvalue weighted by Gasteiger charge is 2.12. The normalized spacial score (nSPS) is 10.2. The van der Waals surface area contributed by atoms with Crippen molar-refractivity contribution >= 4 is 17.6 Å². The molecule has 0 saturated heterocycles. The van der Waals surface area contributed by atoms with Crippen LogP contribution in [0.3, 0.4) is 0 Å². The van der Waals surface area contributed by atoms with Crippen LogP contribution in [-0.4, -0.2) is 17.9 Å². The van der Waals surface area contributed by atoms with E-state index in [0.29, 0.717) is 5.56 Å². The zero-order valence-corrected chi connectivity index (χ0v) is 10.6. The number of anilines is 2. The number of benzene rings is 1. The summed E-state index contributed by atoms with van der Waals surface area (Å²) < 4.78 is 5.09. The largest absolute Gasteiger partial charge is 0.432 e. The minimum Gasteiger partial charge on any atom is -0.432 e. The molecular weight excluding hydrogens is 230 g/mol. The molecule has 5 heteroatoms. The Morgan fingerprint density at radius 2 is 2.11 bits per heavy atom. The first kappa shape index (κ1) is 12.2. The molecule has 0 radical (unpaired) electrons. The van der Waals surface area contributed by atoms with Gasteiger partial charge in [-0.2, -0.15) is 4.98 Å². The van der Waals surface area contributed by atoms with Gasteiger partial charge in [0.2, 0.25) is 0 Å². The van der Waals surface area contributed by atoms with Crippen molar-refractivity contribution in [3.8, 4) is 0 Å². The first-order valence-corrected chi connectivity index (χ1v) is 5.62. The number of hydrogen-bond donors (Lipinski definition) is 2. The molecule has 0 spiro atoms. The Bertz CT molecular complexity index is 575. The Kier molecular flexibility index (Phi) is 3.32. The lowest BCUT2D eigenvalue weighted by Crippen LogP contribution is -2.13. The van der Waals surface area contributed by atoms with Gasteiger partial charge < -0.3 is 9.73 Å². The molecule has 1 aromatic carbocycles. The molecule has 1 aromatic heterocycles. The zero-order chi connectivity index (χ0) is 13.1. The van der Waals surface area contributed by atoms with E-state index in [2.05, 4.69) is 15.6 Å². The van der Waals surface area contributed by atoms with Gasteiger partial charge in [-0.05, 0) is 37.6 Å². The molecule has 0 atom stereocenters. The third kappa shape index (κ3) is 2.51. The molecule has 18 heavy (non-hydrogen) atoms. The van der Waals surface area contributed by atoms with Gasteiger partial charge in [-0.1, -0.05) is 0 Å². The van der Waals surface area contributed by atoms with E-state index in [1.165, 1.54) is 6.26 Å². The molecule has 2 aromatic rings. The summed E-state index contributed by atoms with van der Waals surface area (Å²) in [4.78, 5) is 16.0. The lowest BCUT2D eigenvalue weighted by molar-refractivity contribution is 0.102. The minimum atomic E-state index is -0.225. The fourth-order valence-electron chi connectivity index (χ4n) is 1.65. The molecule has 0 aliphatic carbocycles. The van der Waals surface area contributed by atoms with Gasteiger partial charge in [0.15, 0.2) is 0 Å². The summed E-state index contributed by atoms with van der Waals surface area (Å²) in [5.41, 5.74) is 3.19. The molecule has 94 valence electrons. The van der Waals surface area contributed by atoms with Crippen LogP contribution in [0.15, 0.2) is 28.9 Å². The van der Waals surface area contributed by atoms with Gasteiger partial charge in [0.25, 0.3) is 5.91 Å². The fourth-order valence-corrected chi connectivity index (χ4v) is 1.65. The summed E-state index contributed by atoms with van der Waals surface area (Å²) in [6.45, 7) is 3.68. The summed E-state index contributed by atoms with van der Waals surface area (Å²) in [7, 11) is 1.84. The molecule has 0 bridgehead atoms. The number of amides is 1. The van der Waals surface area contributed by atoms with Crippen LogP contribution in [0.2, 0.25) is 0 Å². The number of oxazole rings is 1. The van der Waals surface area contributed by atoms with Crippen molar-refractivity contribution in [2.45, 2.75) is 13.8 Å². The smallest absolute Gasteiger partial charge is 0.301 e. The van der Waals surface area contributed by atoms with E-state index >= 15 is 0 Å². The number of nitrogens with one attached hydrogen (secondary N) is 2. The second-order valence-electron chi connectivity index (χ2n) is 4.03. The van der Waals surface area contributed by atoms with E-state index in [1.807, 2.05) is 26.1 Å². The predicted molar refractivity (Wildman–Crippen MR) is 69.9 cm³/mol. The number of nitrogens with zero attached hydrogens (tertiary/aromatic N) is 1. The number of rotatable bonds is 3. The van der Waals surface area contributed by atoms with E-state index in [-0.39, 0.29) is 11.9 Å². The Morgan fingerprint density at radius 3 is 2.67 bits per heavy atom. The number of hydrogen-bond acceptors (Lipinski definition) is 4. The molecule has 0 unspecified atom stereocenters. The van der Waals surface area contributed by atoms with Crippen molar-refractivity contribution in [2.24, 2.45) is 0 Å². The number of aryl methyl sites for hydroxylation is 2. The highest BCUT2D eigenvalue weighted by molar-refractivity contribution is 6.04. The molecular formula is C13H15N3O2. The van der Waals surface area contributed by atoms with Gasteiger partial charge in [-0.25, -0.2) is 0 Å². The van der Waals surface area contributed by atoms with Crippen LogP contribution in [0, 0.1) is 13.8 Å². The van der Waals surface area contributed by atoms with E-state index < -0.39 is 0 Å². The second-order valence-corrected chi connectivity index (χ2v) is 4.03. The Labute approximate surface area is 105 Å². The summed E-state index contributed by atoms with van der Waals surface area (Å²) in [6, 6.07) is 5.75. The topological polar surface area (TPSA) is 67.2 Å². The minimum absolute atomic E-state index is 0.217. The fraction of sp³-hybridized carbons (Fsp3) is 0.231. The number of aromatic nitrogens is 1. The standard InChI is InChI=1S/C13H15N3O2/c1-8-6-10(14-3)4-5-11(8)12(17)16-13-15-9(2)7-18-13/h4-7,14H,1-3H3,(H,15,16,17). The van der Waals surface area contributed by atoms with E-state index in [4.69, 9.17) is 4.42 Å². The SMILES string of the molecule is CNc1ccc(C(=O)Nc2nc(C)co2)c(C)c1. The molecule has 2 rings (SSSR count). The van der Waals surface area contributed by atoms with Gasteiger partial charge in [0.1, 0.15) is 6.26 Å². The summed E-state index contributed by atoms with van der Waals surface area (Å²) in [5, 5.41) is 5.64. The maximum atomic E-state index is 12.0. The maximum Gasteiger partial charge on any atom is 0.301 e. The van der Waals surface area contributed by atoms with E-state index in [9.17, 15) is 4.79 Å². The molecule has 0 aliphatic heterocycles. The zero-order valence-electron chi connectivity index (χ0n) is 10.6. The molecule has 0 aliphatic rings. The first-order chi connectivity index (χ1) is 8.60. The summed E-state index contributed by atoms with van der Waals surface area (Å²) >= 11 is 0. The first-order valence-electron chi connectivity index (χ1n) is 5.62. The van der Waals surface area contributed by atoms with Crippen molar-refractivity contribution in [1.82, 2.24) is 4.98 Å². The average molecular weight is 245 g/mol. The molecule has 5 nitrogen and oxygen atoms in total. The molecule has 1 amide bonds. The lowest BCUT2D eigenvalue weighted by atomic mass is 10.1. The predicted octanol–water partition coefficient (Wildman–Crippen LogP) is 2.59. The van der Waals surface area contributed by atoms with Crippen molar-refractivity contribution in [2.75, 3.05) is 17.7 Å². The van der Waals surface area contributed by atoms with Gasteiger partial charge in [-0.3, -0.25) is 10.1 Å². The van der Waals surface area contributed by atoms with Crippen LogP contribution in [0.1, 0.15) is 21.6 Å². The van der Waals surface area contributed by atoms with Crippen molar-refractivity contribution in [3.05, 3.63) is 41.3 Å². The summed E-state index contributed by atoms with van der Waals surface area (Å²) in [6.07, 6.45) is 1.49. The number of carbonyl (C=O) groups excluding carboxylic acids is 1. The maximum absolute atomic E-state index is 12.0. The Balaban J connectivity index is 2.18. The van der Waals surface area contributed by atoms with Crippen molar-refractivity contribution in [1.29, 1.82) is 0 Å². The lowest BCUT2D eigenvalue weighted by Gasteiger charge is -2.07. The van der Waals surface area contributed by atoms with Gasteiger partial charge in [-0.15, -0.1) is 0 Å². The highest BCUT2D eigenvalue weighted by atomic mass is 16.4. The molecule has 0 saturated carbocycles. The van der Waals surface area contributed by atoms with E-state index in [0.717, 1.165) is 16.9 Å². The van der Waals surface area contributed by atoms with Crippen LogP contribution < -0.4 is 10.6 Å². The van der Waals surface area contributed by atoms with E-state index in [1.54, 1.807) is 13.0 Å².